The molecule has 0 aliphatic rings. The number of hydrogen-bond donors (Lipinski definition) is 2. The molecule has 0 bridgehead atoms. The normalized spacial score (nSPS) is 11.6. The molecule has 1 atom stereocenters. The largest absolute Gasteiger partial charge is 0.508 e. The van der Waals surface area contributed by atoms with Crippen LogP contribution in [0.15, 0.2) is 35.3 Å². The summed E-state index contributed by atoms with van der Waals surface area (Å²) in [4.78, 5) is 0. The maximum Gasteiger partial charge on any atom is 0.120 e. The topological polar surface area (TPSA) is 46.2 Å². The Balaban J connectivity index is 0.00000196. The van der Waals surface area contributed by atoms with E-state index in [1.54, 1.807) is 12.1 Å². The molecule has 0 saturated heterocycles. The number of nitrogens with two attached hydrogens (primary N) is 1. The maximum absolute atomic E-state index is 9.58. The van der Waals surface area contributed by atoms with Gasteiger partial charge in [-0.15, -0.1) is 19.0 Å². The first-order valence-electron chi connectivity index (χ1n) is 4.50. The van der Waals surface area contributed by atoms with E-state index in [0.29, 0.717) is 0 Å². The molecule has 1 aromatic carbocycles. The standard InChI is InChI=1S/C11H14BrNO.ClH/c1-2-3-4-10(13)9-7-8(12)5-6-11(9)14;/h2,5-7,10,14H,1,3-4,13H2;1H/t10-;/m0./s1. The molecule has 2 nitrogen and oxygen atoms in total. The summed E-state index contributed by atoms with van der Waals surface area (Å²) in [5.41, 5.74) is 6.70. The Morgan fingerprint density at radius 3 is 2.80 bits per heavy atom. The van der Waals surface area contributed by atoms with Crippen molar-refractivity contribution in [3.8, 4) is 5.75 Å². The summed E-state index contributed by atoms with van der Waals surface area (Å²) in [7, 11) is 0. The smallest absolute Gasteiger partial charge is 0.120 e. The molecule has 1 aromatic rings. The lowest BCUT2D eigenvalue weighted by Crippen LogP contribution is -2.09. The van der Waals surface area contributed by atoms with Crippen LogP contribution in [0.5, 0.6) is 5.75 Å². The summed E-state index contributed by atoms with van der Waals surface area (Å²) >= 11 is 3.35. The molecule has 0 radical (unpaired) electrons. The van der Waals surface area contributed by atoms with Gasteiger partial charge in [0.15, 0.2) is 0 Å². The molecule has 3 N–H and O–H groups in total. The van der Waals surface area contributed by atoms with Crippen LogP contribution < -0.4 is 5.73 Å². The summed E-state index contributed by atoms with van der Waals surface area (Å²) in [5, 5.41) is 9.58. The van der Waals surface area contributed by atoms with Gasteiger partial charge in [0.25, 0.3) is 0 Å². The minimum Gasteiger partial charge on any atom is -0.508 e. The Bertz CT molecular complexity index is 330. The van der Waals surface area contributed by atoms with Gasteiger partial charge in [-0.3, -0.25) is 0 Å². The second kappa shape index (κ2) is 6.88. The van der Waals surface area contributed by atoms with Gasteiger partial charge in [-0.25, -0.2) is 0 Å². The number of rotatable bonds is 4. The highest BCUT2D eigenvalue weighted by atomic mass is 79.9. The van der Waals surface area contributed by atoms with E-state index in [-0.39, 0.29) is 24.2 Å². The van der Waals surface area contributed by atoms with E-state index >= 15 is 0 Å². The quantitative estimate of drug-likeness (QED) is 0.834. The highest BCUT2D eigenvalue weighted by Gasteiger charge is 2.10. The number of halogens is 2. The number of phenolic OH excluding ortho intramolecular Hbond substituents is 1. The third kappa shape index (κ3) is 4.24. The first-order valence-corrected chi connectivity index (χ1v) is 5.29. The maximum atomic E-state index is 9.58. The van der Waals surface area contributed by atoms with E-state index in [0.717, 1.165) is 22.9 Å². The van der Waals surface area contributed by atoms with Gasteiger partial charge in [0, 0.05) is 16.1 Å². The van der Waals surface area contributed by atoms with Gasteiger partial charge in [-0.2, -0.15) is 0 Å². The van der Waals surface area contributed by atoms with Crippen LogP contribution in [-0.4, -0.2) is 5.11 Å². The van der Waals surface area contributed by atoms with Crippen LogP contribution >= 0.6 is 28.3 Å². The van der Waals surface area contributed by atoms with Gasteiger partial charge in [-0.1, -0.05) is 22.0 Å². The predicted octanol–water partition coefficient (Wildman–Crippen LogP) is 3.54. The minimum atomic E-state index is -0.134. The molecular weight excluding hydrogens is 277 g/mol. The molecule has 0 aliphatic heterocycles. The Labute approximate surface area is 105 Å². The van der Waals surface area contributed by atoms with Gasteiger partial charge < -0.3 is 10.8 Å². The van der Waals surface area contributed by atoms with Crippen molar-refractivity contribution in [2.45, 2.75) is 18.9 Å². The highest BCUT2D eigenvalue weighted by Crippen LogP contribution is 2.28. The molecule has 4 heteroatoms. The van der Waals surface area contributed by atoms with E-state index in [1.807, 2.05) is 12.1 Å². The van der Waals surface area contributed by atoms with Gasteiger partial charge >= 0.3 is 0 Å². The second-order valence-corrected chi connectivity index (χ2v) is 4.09. The molecule has 0 fully saturated rings. The van der Waals surface area contributed by atoms with E-state index in [4.69, 9.17) is 5.73 Å². The van der Waals surface area contributed by atoms with Crippen LogP contribution in [0, 0.1) is 0 Å². The number of allylic oxidation sites excluding steroid dienone is 1. The average Bonchev–Trinajstić information content (AvgIpc) is 2.18. The van der Waals surface area contributed by atoms with Crippen molar-refractivity contribution in [1.29, 1.82) is 0 Å². The lowest BCUT2D eigenvalue weighted by atomic mass is 10.0. The van der Waals surface area contributed by atoms with E-state index < -0.39 is 0 Å². The van der Waals surface area contributed by atoms with Crippen LogP contribution in [0.4, 0.5) is 0 Å². The van der Waals surface area contributed by atoms with Crippen LogP contribution in [0.2, 0.25) is 0 Å². The fourth-order valence-corrected chi connectivity index (χ4v) is 1.65. The molecule has 0 heterocycles. The first-order chi connectivity index (χ1) is 6.65. The van der Waals surface area contributed by atoms with Gasteiger partial charge in [0.1, 0.15) is 5.75 Å². The van der Waals surface area contributed by atoms with Crippen molar-refractivity contribution >= 4 is 28.3 Å². The molecule has 0 spiro atoms. The molecule has 15 heavy (non-hydrogen) atoms. The zero-order valence-electron chi connectivity index (χ0n) is 8.32. The summed E-state index contributed by atoms with van der Waals surface area (Å²) in [6.07, 6.45) is 3.48. The first kappa shape index (κ1) is 14.5. The van der Waals surface area contributed by atoms with Gasteiger partial charge in [-0.05, 0) is 31.0 Å². The number of benzene rings is 1. The predicted molar refractivity (Wildman–Crippen MR) is 69.4 cm³/mol. The van der Waals surface area contributed by atoms with Crippen molar-refractivity contribution < 1.29 is 5.11 Å². The van der Waals surface area contributed by atoms with E-state index in [9.17, 15) is 5.11 Å². The minimum absolute atomic E-state index is 0. The summed E-state index contributed by atoms with van der Waals surface area (Å²) in [6.45, 7) is 3.64. The Morgan fingerprint density at radius 2 is 2.20 bits per heavy atom. The van der Waals surface area contributed by atoms with Crippen LogP contribution in [-0.2, 0) is 0 Å². The lowest BCUT2D eigenvalue weighted by molar-refractivity contribution is 0.458. The Kier molecular flexibility index (Phi) is 6.65. The third-order valence-corrected chi connectivity index (χ3v) is 2.56. The molecule has 84 valence electrons. The monoisotopic (exact) mass is 291 g/mol. The molecule has 0 aromatic heterocycles. The van der Waals surface area contributed by atoms with Crippen LogP contribution in [0.3, 0.4) is 0 Å². The molecule has 0 saturated carbocycles. The number of aromatic hydroxyl groups is 1. The average molecular weight is 293 g/mol. The SMILES string of the molecule is C=CCC[C@H](N)c1cc(Br)ccc1O.Cl. The van der Waals surface area contributed by atoms with Crippen LogP contribution in [0.25, 0.3) is 0 Å². The third-order valence-electron chi connectivity index (χ3n) is 2.07. The molecular formula is C11H15BrClNO. The lowest BCUT2D eigenvalue weighted by Gasteiger charge is -2.12. The molecule has 0 aliphatic carbocycles. The van der Waals surface area contributed by atoms with Crippen molar-refractivity contribution in [2.75, 3.05) is 0 Å². The highest BCUT2D eigenvalue weighted by molar-refractivity contribution is 9.10. The van der Waals surface area contributed by atoms with Gasteiger partial charge in [0.05, 0.1) is 0 Å². The van der Waals surface area contributed by atoms with E-state index in [2.05, 4.69) is 22.5 Å². The Hall–Kier alpha value is -0.510. The number of hydrogen-bond acceptors (Lipinski definition) is 2. The van der Waals surface area contributed by atoms with Crippen molar-refractivity contribution in [3.63, 3.8) is 0 Å². The Morgan fingerprint density at radius 1 is 1.53 bits per heavy atom. The molecule has 0 unspecified atom stereocenters. The van der Waals surface area contributed by atoms with E-state index in [1.165, 1.54) is 0 Å². The fourth-order valence-electron chi connectivity index (χ4n) is 1.28. The van der Waals surface area contributed by atoms with Crippen molar-refractivity contribution in [1.82, 2.24) is 0 Å². The zero-order valence-corrected chi connectivity index (χ0v) is 10.7. The van der Waals surface area contributed by atoms with Crippen molar-refractivity contribution in [3.05, 3.63) is 40.9 Å². The molecule has 0 amide bonds. The summed E-state index contributed by atoms with van der Waals surface area (Å²) in [5.74, 6) is 0.254. The molecule has 1 rings (SSSR count). The van der Waals surface area contributed by atoms with Gasteiger partial charge in [0.2, 0.25) is 0 Å². The second-order valence-electron chi connectivity index (χ2n) is 3.18. The van der Waals surface area contributed by atoms with Crippen molar-refractivity contribution in [2.24, 2.45) is 5.73 Å². The fraction of sp³-hybridized carbons (Fsp3) is 0.273. The summed E-state index contributed by atoms with van der Waals surface area (Å²) in [6, 6.07) is 5.15. The zero-order chi connectivity index (χ0) is 10.6. The summed E-state index contributed by atoms with van der Waals surface area (Å²) < 4.78 is 0.930. The van der Waals surface area contributed by atoms with Crippen LogP contribution in [0.1, 0.15) is 24.4 Å². The number of phenols is 1.